The van der Waals surface area contributed by atoms with Gasteiger partial charge in [-0.05, 0) is 43.2 Å². The number of hydrogen-bond donors (Lipinski definition) is 0. The highest BCUT2D eigenvalue weighted by atomic mass is 35.5. The van der Waals surface area contributed by atoms with Crippen LogP contribution in [0.4, 0.5) is 0 Å². The minimum Gasteiger partial charge on any atom is -0.493 e. The Morgan fingerprint density at radius 3 is 2.58 bits per heavy atom. The molecule has 38 heavy (non-hydrogen) atoms. The van der Waals surface area contributed by atoms with Crippen LogP contribution in [0.25, 0.3) is 10.9 Å². The van der Waals surface area contributed by atoms with E-state index in [2.05, 4.69) is 5.10 Å². The molecule has 0 amide bonds. The average molecular weight is 571 g/mol. The molecule has 3 aromatic carbocycles. The number of rotatable bonds is 7. The Labute approximate surface area is 235 Å². The molecule has 0 saturated heterocycles. The first-order chi connectivity index (χ1) is 18.4. The Balaban J connectivity index is 1.57. The molecule has 6 nitrogen and oxygen atoms in total. The van der Waals surface area contributed by atoms with Gasteiger partial charge in [-0.1, -0.05) is 72.3 Å². The number of ether oxygens (including phenoxy) is 2. The third-order valence-corrected chi connectivity index (χ3v) is 7.52. The van der Waals surface area contributed by atoms with Crippen molar-refractivity contribution in [1.82, 2.24) is 9.66 Å². The molecule has 1 saturated carbocycles. The van der Waals surface area contributed by atoms with E-state index < -0.39 is 0 Å². The van der Waals surface area contributed by atoms with Gasteiger partial charge >= 0.3 is 0 Å². The summed E-state index contributed by atoms with van der Waals surface area (Å²) in [6, 6.07) is 15.9. The highest BCUT2D eigenvalue weighted by Crippen LogP contribution is 2.36. The fourth-order valence-corrected chi connectivity index (χ4v) is 5.46. The first-order valence-corrected chi connectivity index (χ1v) is 13.6. The molecule has 9 heteroatoms. The van der Waals surface area contributed by atoms with Gasteiger partial charge in [0.25, 0.3) is 5.56 Å². The van der Waals surface area contributed by atoms with E-state index in [0.717, 1.165) is 31.2 Å². The van der Waals surface area contributed by atoms with Crippen molar-refractivity contribution in [3.63, 3.8) is 0 Å². The van der Waals surface area contributed by atoms with E-state index in [1.54, 1.807) is 42.6 Å². The summed E-state index contributed by atoms with van der Waals surface area (Å²) in [5, 5.41) is 6.63. The predicted molar refractivity (Wildman–Crippen MR) is 154 cm³/mol. The molecule has 0 spiro atoms. The van der Waals surface area contributed by atoms with Crippen molar-refractivity contribution >= 4 is 51.9 Å². The second kappa shape index (κ2) is 11.8. The molecular weight excluding hydrogens is 545 g/mol. The van der Waals surface area contributed by atoms with E-state index in [0.29, 0.717) is 48.9 Å². The van der Waals surface area contributed by atoms with Gasteiger partial charge in [0.15, 0.2) is 11.5 Å². The normalized spacial score (nSPS) is 14.3. The number of nitrogens with zero attached hydrogens (tertiary/aromatic N) is 3. The maximum absolute atomic E-state index is 13.6. The van der Waals surface area contributed by atoms with Crippen LogP contribution in [0.2, 0.25) is 15.1 Å². The van der Waals surface area contributed by atoms with E-state index in [4.69, 9.17) is 49.3 Å². The van der Waals surface area contributed by atoms with Crippen LogP contribution in [-0.2, 0) is 6.61 Å². The number of halogens is 3. The number of aromatic nitrogens is 2. The maximum Gasteiger partial charge on any atom is 0.282 e. The second-order valence-electron chi connectivity index (χ2n) is 9.23. The quantitative estimate of drug-likeness (QED) is 0.212. The average Bonchev–Trinajstić information content (AvgIpc) is 2.93. The smallest absolute Gasteiger partial charge is 0.282 e. The van der Waals surface area contributed by atoms with Gasteiger partial charge in [-0.3, -0.25) is 4.79 Å². The fourth-order valence-electron chi connectivity index (χ4n) is 4.78. The van der Waals surface area contributed by atoms with Crippen LogP contribution >= 0.6 is 34.8 Å². The van der Waals surface area contributed by atoms with E-state index in [1.807, 2.05) is 18.2 Å². The zero-order valence-electron chi connectivity index (χ0n) is 20.8. The molecule has 0 N–H and O–H groups in total. The largest absolute Gasteiger partial charge is 0.493 e. The van der Waals surface area contributed by atoms with E-state index in [-0.39, 0.29) is 18.1 Å². The minimum atomic E-state index is -0.211. The summed E-state index contributed by atoms with van der Waals surface area (Å²) < 4.78 is 13.1. The van der Waals surface area contributed by atoms with Crippen molar-refractivity contribution < 1.29 is 9.47 Å². The van der Waals surface area contributed by atoms with E-state index >= 15 is 0 Å². The molecule has 0 bridgehead atoms. The standard InChI is InChI=1S/C29H26Cl3N3O3/c1-37-26-15-22(31)13-20(27(26)38-17-19-11-12-21(30)14-24(19)32)16-33-35-28(18-7-3-2-4-8-18)34-25-10-6-5-9-23(25)29(35)36/h5-6,9-16,18H,2-4,7-8,17H2,1H3. The zero-order valence-corrected chi connectivity index (χ0v) is 23.1. The first-order valence-electron chi connectivity index (χ1n) is 12.4. The van der Waals surface area contributed by atoms with Crippen LogP contribution in [0.3, 0.4) is 0 Å². The lowest BCUT2D eigenvalue weighted by atomic mass is 9.88. The molecule has 0 aliphatic heterocycles. The summed E-state index contributed by atoms with van der Waals surface area (Å²) in [4.78, 5) is 18.4. The summed E-state index contributed by atoms with van der Waals surface area (Å²) in [5.41, 5.74) is 1.77. The SMILES string of the molecule is COc1cc(Cl)cc(C=Nn2c(C3CCCCC3)nc3ccccc3c2=O)c1OCc1ccc(Cl)cc1Cl. The molecular formula is C29H26Cl3N3O3. The Kier molecular flexibility index (Phi) is 8.22. The van der Waals surface area contributed by atoms with Gasteiger partial charge in [0.2, 0.25) is 0 Å². The lowest BCUT2D eigenvalue weighted by Gasteiger charge is -2.22. The molecule has 0 atom stereocenters. The van der Waals surface area contributed by atoms with Crippen molar-refractivity contribution in [2.24, 2.45) is 5.10 Å². The second-order valence-corrected chi connectivity index (χ2v) is 10.5. The number of benzene rings is 3. The summed E-state index contributed by atoms with van der Waals surface area (Å²) in [7, 11) is 1.54. The predicted octanol–water partition coefficient (Wildman–Crippen LogP) is 7.87. The van der Waals surface area contributed by atoms with Crippen LogP contribution in [0.5, 0.6) is 11.5 Å². The number of hydrogen-bond acceptors (Lipinski definition) is 5. The maximum atomic E-state index is 13.6. The molecule has 5 rings (SSSR count). The van der Waals surface area contributed by atoms with Crippen LogP contribution in [0.1, 0.15) is 55.0 Å². The van der Waals surface area contributed by atoms with Gasteiger partial charge in [-0.15, -0.1) is 0 Å². The molecule has 0 unspecified atom stereocenters. The molecule has 1 aliphatic rings. The zero-order chi connectivity index (χ0) is 26.6. The topological polar surface area (TPSA) is 65.7 Å². The third kappa shape index (κ3) is 5.68. The Morgan fingerprint density at radius 1 is 1.03 bits per heavy atom. The number of fused-ring (bicyclic) bond motifs is 1. The van der Waals surface area contributed by atoms with Crippen molar-refractivity contribution in [3.05, 3.63) is 97.0 Å². The Bertz CT molecular complexity index is 1560. The molecule has 4 aromatic rings. The van der Waals surface area contributed by atoms with Crippen LogP contribution in [0, 0.1) is 0 Å². The molecule has 1 heterocycles. The highest BCUT2D eigenvalue weighted by Gasteiger charge is 2.22. The van der Waals surface area contributed by atoms with E-state index in [1.165, 1.54) is 18.2 Å². The first kappa shape index (κ1) is 26.5. The summed E-state index contributed by atoms with van der Waals surface area (Å²) in [5.74, 6) is 1.69. The molecule has 0 radical (unpaired) electrons. The van der Waals surface area contributed by atoms with Crippen molar-refractivity contribution in [2.45, 2.75) is 44.6 Å². The summed E-state index contributed by atoms with van der Waals surface area (Å²) in [6.45, 7) is 0.166. The molecule has 1 fully saturated rings. The summed E-state index contributed by atoms with van der Waals surface area (Å²) in [6.07, 6.45) is 6.92. The minimum absolute atomic E-state index is 0.162. The molecule has 196 valence electrons. The van der Waals surface area contributed by atoms with Crippen LogP contribution < -0.4 is 15.0 Å². The van der Waals surface area contributed by atoms with Crippen molar-refractivity contribution in [1.29, 1.82) is 0 Å². The van der Waals surface area contributed by atoms with Gasteiger partial charge in [-0.25, -0.2) is 4.98 Å². The lowest BCUT2D eigenvalue weighted by molar-refractivity contribution is 0.284. The summed E-state index contributed by atoms with van der Waals surface area (Å²) >= 11 is 18.8. The Hall–Kier alpha value is -3.06. The van der Waals surface area contributed by atoms with Crippen LogP contribution in [-0.4, -0.2) is 23.0 Å². The van der Waals surface area contributed by atoms with Gasteiger partial charge in [-0.2, -0.15) is 9.78 Å². The molecule has 1 aromatic heterocycles. The van der Waals surface area contributed by atoms with Crippen molar-refractivity contribution in [3.8, 4) is 11.5 Å². The van der Waals surface area contributed by atoms with Crippen LogP contribution in [0.15, 0.2) is 64.5 Å². The number of para-hydroxylation sites is 1. The number of methoxy groups -OCH3 is 1. The van der Waals surface area contributed by atoms with Gasteiger partial charge in [0.1, 0.15) is 12.4 Å². The van der Waals surface area contributed by atoms with Gasteiger partial charge < -0.3 is 9.47 Å². The van der Waals surface area contributed by atoms with Gasteiger partial charge in [0.05, 0.1) is 24.2 Å². The lowest BCUT2D eigenvalue weighted by Crippen LogP contribution is -2.25. The molecule has 1 aliphatic carbocycles. The third-order valence-electron chi connectivity index (χ3n) is 6.72. The Morgan fingerprint density at radius 2 is 1.82 bits per heavy atom. The van der Waals surface area contributed by atoms with Gasteiger partial charge in [0, 0.05) is 38.2 Å². The van der Waals surface area contributed by atoms with E-state index in [9.17, 15) is 4.79 Å². The fraction of sp³-hybridized carbons (Fsp3) is 0.276. The monoisotopic (exact) mass is 569 g/mol. The highest BCUT2D eigenvalue weighted by molar-refractivity contribution is 6.35. The van der Waals surface area contributed by atoms with Crippen molar-refractivity contribution in [2.75, 3.05) is 7.11 Å².